The van der Waals surface area contributed by atoms with Gasteiger partial charge in [0.25, 0.3) is 0 Å². The molecule has 5 nitrogen and oxygen atoms in total. The lowest BCUT2D eigenvalue weighted by Crippen LogP contribution is -2.48. The van der Waals surface area contributed by atoms with Crippen LogP contribution < -0.4 is 0 Å². The Labute approximate surface area is 128 Å². The highest BCUT2D eigenvalue weighted by Crippen LogP contribution is 2.42. The van der Waals surface area contributed by atoms with Crippen molar-refractivity contribution in [3.05, 3.63) is 21.9 Å². The Bertz CT molecular complexity index is 552. The van der Waals surface area contributed by atoms with Crippen molar-refractivity contribution in [2.24, 2.45) is 0 Å². The van der Waals surface area contributed by atoms with E-state index in [1.165, 1.54) is 13.8 Å². The Hall–Kier alpha value is -1.40. The standard InChI is InChI=1S/C15H21NO4S/c1-9-6-13(21-8-9)14-12(7-19-11(3)18)16(10(2)17)15(4,5)20-14/h6,8,12,14H,7H2,1-5H3/t12-,14+/m1/s1. The number of esters is 1. The van der Waals surface area contributed by atoms with E-state index in [2.05, 4.69) is 6.07 Å². The average molecular weight is 311 g/mol. The summed E-state index contributed by atoms with van der Waals surface area (Å²) in [5, 5.41) is 2.05. The number of carbonyl (C=O) groups is 2. The number of carbonyl (C=O) groups excluding carboxylic acids is 2. The topological polar surface area (TPSA) is 55.8 Å². The van der Waals surface area contributed by atoms with Crippen molar-refractivity contribution in [2.75, 3.05) is 6.61 Å². The van der Waals surface area contributed by atoms with E-state index in [1.54, 1.807) is 16.2 Å². The summed E-state index contributed by atoms with van der Waals surface area (Å²) in [5.74, 6) is -0.447. The predicted octanol–water partition coefficient (Wildman–Crippen LogP) is 2.64. The zero-order valence-corrected chi connectivity index (χ0v) is 13.8. The molecule has 2 heterocycles. The van der Waals surface area contributed by atoms with E-state index in [1.807, 2.05) is 26.2 Å². The Morgan fingerprint density at radius 1 is 1.43 bits per heavy atom. The minimum absolute atomic E-state index is 0.0899. The molecule has 116 valence electrons. The summed E-state index contributed by atoms with van der Waals surface area (Å²) < 4.78 is 11.2. The van der Waals surface area contributed by atoms with Crippen LogP contribution in [0.3, 0.4) is 0 Å². The fraction of sp³-hybridized carbons (Fsp3) is 0.600. The molecule has 1 aromatic rings. The second-order valence-corrected chi connectivity index (χ2v) is 6.71. The minimum Gasteiger partial charge on any atom is -0.464 e. The summed E-state index contributed by atoms with van der Waals surface area (Å²) in [7, 11) is 0. The first kappa shape index (κ1) is 16.0. The number of aryl methyl sites for hydroxylation is 1. The SMILES string of the molecule is CC(=O)OC[C@@H]1[C@@H](c2cc(C)cs2)OC(C)(C)N1C(C)=O. The van der Waals surface area contributed by atoms with Gasteiger partial charge in [-0.05, 0) is 37.8 Å². The number of ether oxygens (including phenoxy) is 2. The van der Waals surface area contributed by atoms with Gasteiger partial charge >= 0.3 is 5.97 Å². The first-order valence-corrected chi connectivity index (χ1v) is 7.76. The molecule has 0 bridgehead atoms. The minimum atomic E-state index is -0.723. The molecule has 1 aliphatic heterocycles. The van der Waals surface area contributed by atoms with E-state index in [4.69, 9.17) is 9.47 Å². The van der Waals surface area contributed by atoms with Crippen LogP contribution in [-0.4, -0.2) is 35.2 Å². The van der Waals surface area contributed by atoms with E-state index in [9.17, 15) is 9.59 Å². The van der Waals surface area contributed by atoms with Crippen LogP contribution in [0.15, 0.2) is 11.4 Å². The quantitative estimate of drug-likeness (QED) is 0.805. The maximum Gasteiger partial charge on any atom is 0.302 e. The van der Waals surface area contributed by atoms with E-state index in [0.29, 0.717) is 0 Å². The molecule has 6 heteroatoms. The first-order valence-electron chi connectivity index (χ1n) is 6.88. The number of rotatable bonds is 3. The van der Waals surface area contributed by atoms with Gasteiger partial charge in [0, 0.05) is 18.7 Å². The van der Waals surface area contributed by atoms with Crippen molar-refractivity contribution in [1.29, 1.82) is 0 Å². The molecule has 1 saturated heterocycles. The van der Waals surface area contributed by atoms with Crippen molar-refractivity contribution in [2.45, 2.75) is 52.5 Å². The van der Waals surface area contributed by atoms with Crippen LogP contribution in [0.5, 0.6) is 0 Å². The normalized spacial score (nSPS) is 24.1. The zero-order chi connectivity index (χ0) is 15.8. The molecular weight excluding hydrogens is 290 g/mol. The van der Waals surface area contributed by atoms with Gasteiger partial charge in [0.15, 0.2) is 0 Å². The third-order valence-electron chi connectivity index (χ3n) is 3.50. The van der Waals surface area contributed by atoms with E-state index in [0.717, 1.165) is 10.4 Å². The zero-order valence-electron chi connectivity index (χ0n) is 13.0. The number of nitrogens with zero attached hydrogens (tertiary/aromatic N) is 1. The fourth-order valence-corrected chi connectivity index (χ4v) is 3.79. The molecular formula is C15H21NO4S. The lowest BCUT2D eigenvalue weighted by molar-refractivity contribution is -0.150. The Kier molecular flexibility index (Phi) is 4.39. The van der Waals surface area contributed by atoms with Gasteiger partial charge in [-0.1, -0.05) is 0 Å². The second kappa shape index (κ2) is 5.77. The molecule has 0 radical (unpaired) electrons. The van der Waals surface area contributed by atoms with E-state index >= 15 is 0 Å². The molecule has 0 spiro atoms. The molecule has 1 fully saturated rings. The van der Waals surface area contributed by atoms with Crippen LogP contribution in [0.1, 0.15) is 44.2 Å². The Morgan fingerprint density at radius 3 is 2.57 bits per heavy atom. The van der Waals surface area contributed by atoms with Crippen molar-refractivity contribution in [1.82, 2.24) is 4.90 Å². The van der Waals surface area contributed by atoms with E-state index < -0.39 is 5.72 Å². The maximum absolute atomic E-state index is 12.0. The summed E-state index contributed by atoms with van der Waals surface area (Å²) in [6.45, 7) is 8.74. The highest BCUT2D eigenvalue weighted by atomic mass is 32.1. The second-order valence-electron chi connectivity index (χ2n) is 5.77. The van der Waals surface area contributed by atoms with E-state index in [-0.39, 0.29) is 30.6 Å². The van der Waals surface area contributed by atoms with Gasteiger partial charge in [-0.15, -0.1) is 11.3 Å². The summed E-state index contributed by atoms with van der Waals surface area (Å²) in [5.41, 5.74) is 0.433. The summed E-state index contributed by atoms with van der Waals surface area (Å²) in [4.78, 5) is 25.8. The molecule has 1 aromatic heterocycles. The molecule has 2 atom stereocenters. The van der Waals surface area contributed by atoms with Crippen LogP contribution in [-0.2, 0) is 19.1 Å². The molecule has 0 saturated carbocycles. The van der Waals surface area contributed by atoms with Gasteiger partial charge in [-0.25, -0.2) is 0 Å². The Balaban J connectivity index is 2.33. The van der Waals surface area contributed by atoms with Crippen LogP contribution in [0, 0.1) is 6.92 Å². The molecule has 21 heavy (non-hydrogen) atoms. The van der Waals surface area contributed by atoms with Crippen molar-refractivity contribution in [3.8, 4) is 0 Å². The number of hydrogen-bond donors (Lipinski definition) is 0. The number of amides is 1. The Morgan fingerprint density at radius 2 is 2.10 bits per heavy atom. The van der Waals surface area contributed by atoms with Gasteiger partial charge < -0.3 is 14.4 Å². The summed E-state index contributed by atoms with van der Waals surface area (Å²) in [6, 6.07) is 1.75. The summed E-state index contributed by atoms with van der Waals surface area (Å²) >= 11 is 1.60. The van der Waals surface area contributed by atoms with Gasteiger partial charge in [-0.3, -0.25) is 9.59 Å². The molecule has 1 amide bonds. The summed E-state index contributed by atoms with van der Waals surface area (Å²) in [6.07, 6.45) is -0.276. The van der Waals surface area contributed by atoms with Crippen molar-refractivity contribution in [3.63, 3.8) is 0 Å². The van der Waals surface area contributed by atoms with Gasteiger partial charge in [0.2, 0.25) is 5.91 Å². The maximum atomic E-state index is 12.0. The number of hydrogen-bond acceptors (Lipinski definition) is 5. The lowest BCUT2D eigenvalue weighted by Gasteiger charge is -2.32. The number of thiophene rings is 1. The molecule has 0 N–H and O–H groups in total. The third kappa shape index (κ3) is 3.27. The molecule has 0 aromatic carbocycles. The highest BCUT2D eigenvalue weighted by Gasteiger charge is 2.50. The van der Waals surface area contributed by atoms with Crippen LogP contribution in [0.2, 0.25) is 0 Å². The van der Waals surface area contributed by atoms with Gasteiger partial charge in [0.1, 0.15) is 18.4 Å². The molecule has 1 aliphatic rings. The van der Waals surface area contributed by atoms with Crippen LogP contribution in [0.4, 0.5) is 0 Å². The highest BCUT2D eigenvalue weighted by molar-refractivity contribution is 7.10. The largest absolute Gasteiger partial charge is 0.464 e. The van der Waals surface area contributed by atoms with Crippen molar-refractivity contribution >= 4 is 23.2 Å². The monoisotopic (exact) mass is 311 g/mol. The fourth-order valence-electron chi connectivity index (χ4n) is 2.81. The average Bonchev–Trinajstić information content (AvgIpc) is 2.87. The predicted molar refractivity (Wildman–Crippen MR) is 79.9 cm³/mol. The van der Waals surface area contributed by atoms with Gasteiger partial charge in [0.05, 0.1) is 6.04 Å². The third-order valence-corrected chi connectivity index (χ3v) is 4.62. The molecule has 0 unspecified atom stereocenters. The lowest BCUT2D eigenvalue weighted by atomic mass is 10.1. The van der Waals surface area contributed by atoms with Gasteiger partial charge in [-0.2, -0.15) is 0 Å². The van der Waals surface area contributed by atoms with Crippen LogP contribution in [0.25, 0.3) is 0 Å². The van der Waals surface area contributed by atoms with Crippen LogP contribution >= 0.6 is 11.3 Å². The smallest absolute Gasteiger partial charge is 0.302 e. The first-order chi connectivity index (χ1) is 9.72. The molecule has 2 rings (SSSR count). The molecule has 0 aliphatic carbocycles. The van der Waals surface area contributed by atoms with Crippen molar-refractivity contribution < 1.29 is 19.1 Å².